The van der Waals surface area contributed by atoms with E-state index in [9.17, 15) is 14.4 Å². The molecule has 3 aromatic carbocycles. The zero-order valence-electron chi connectivity index (χ0n) is 25.5. The van der Waals surface area contributed by atoms with Gasteiger partial charge in [-0.3, -0.25) is 14.4 Å². The van der Waals surface area contributed by atoms with Gasteiger partial charge in [0.25, 0.3) is 17.7 Å². The molecular formula is C33H40N3O9P. The highest BCUT2D eigenvalue weighted by molar-refractivity contribution is 7.79. The molecule has 0 bridgehead atoms. The van der Waals surface area contributed by atoms with Crippen molar-refractivity contribution in [3.05, 3.63) is 89.5 Å². The van der Waals surface area contributed by atoms with Crippen molar-refractivity contribution >= 4 is 47.8 Å². The number of carbonyl (C=O) groups excluding carboxylic acids is 3. The summed E-state index contributed by atoms with van der Waals surface area (Å²) < 4.78 is 15.5. The van der Waals surface area contributed by atoms with E-state index in [2.05, 4.69) is 15.6 Å². The molecule has 13 heteroatoms. The van der Waals surface area contributed by atoms with Gasteiger partial charge in [-0.15, -0.1) is 0 Å². The second kappa shape index (κ2) is 21.0. The van der Waals surface area contributed by atoms with E-state index in [0.717, 1.165) is 15.9 Å². The number of nitrogens with one attached hydrogen (secondary N) is 2. The first kappa shape index (κ1) is 36.6. The molecule has 5 N–H and O–H groups in total. The number of ether oxygens (including phenoxy) is 3. The van der Waals surface area contributed by atoms with E-state index >= 15 is 0 Å². The van der Waals surface area contributed by atoms with E-state index in [1.165, 1.54) is 6.21 Å². The molecule has 0 fully saturated rings. The molecule has 0 heterocycles. The molecule has 0 aliphatic rings. The summed E-state index contributed by atoms with van der Waals surface area (Å²) in [6, 6.07) is 21.7. The van der Waals surface area contributed by atoms with Crippen LogP contribution < -0.4 is 26.5 Å². The highest BCUT2D eigenvalue weighted by Gasteiger charge is 2.19. The number of aliphatic hydroxyl groups is 3. The molecule has 0 unspecified atom stereocenters. The fraction of sp³-hybridized carbons (Fsp3) is 0.333. The Bertz CT molecular complexity index is 1320. The number of nitrogens with zero attached hydrogens (tertiary/aromatic N) is 1. The van der Waals surface area contributed by atoms with Crippen LogP contribution in [-0.4, -0.2) is 112 Å². The predicted molar refractivity (Wildman–Crippen MR) is 176 cm³/mol. The quantitative estimate of drug-likeness (QED) is 0.0646. The number of rotatable bonds is 20. The maximum atomic E-state index is 12.6. The highest BCUT2D eigenvalue weighted by Crippen LogP contribution is 2.33. The summed E-state index contributed by atoms with van der Waals surface area (Å²) in [5, 5.41) is 34.8. The number of aliphatic hydroxyl groups excluding tert-OH is 3. The Hall–Kier alpha value is -3.87. The van der Waals surface area contributed by atoms with Crippen LogP contribution >= 0.6 is 7.92 Å². The number of hydrogen-bond acceptors (Lipinski definition) is 9. The fourth-order valence-corrected chi connectivity index (χ4v) is 6.37. The highest BCUT2D eigenvalue weighted by atomic mass is 31.1. The molecule has 0 saturated carbocycles. The van der Waals surface area contributed by atoms with Gasteiger partial charge in [0, 0.05) is 36.0 Å². The molecule has 0 saturated heterocycles. The van der Waals surface area contributed by atoms with E-state index in [0.29, 0.717) is 43.0 Å². The summed E-state index contributed by atoms with van der Waals surface area (Å²) in [6.45, 7) is 1.65. The Morgan fingerprint density at radius 1 is 0.587 bits per heavy atom. The fourth-order valence-electron chi connectivity index (χ4n) is 4.13. The van der Waals surface area contributed by atoms with Crippen LogP contribution in [0.1, 0.15) is 31.1 Å². The van der Waals surface area contributed by atoms with E-state index in [1.54, 1.807) is 36.4 Å². The summed E-state index contributed by atoms with van der Waals surface area (Å²) in [7, 11) is -1.14. The van der Waals surface area contributed by atoms with Gasteiger partial charge in [0.2, 0.25) is 0 Å². The van der Waals surface area contributed by atoms with Gasteiger partial charge >= 0.3 is 0 Å². The van der Waals surface area contributed by atoms with Crippen molar-refractivity contribution < 1.29 is 43.9 Å². The van der Waals surface area contributed by atoms with E-state index in [4.69, 9.17) is 29.5 Å². The molecule has 246 valence electrons. The second-order valence-electron chi connectivity index (χ2n) is 9.58. The Morgan fingerprint density at radius 3 is 1.39 bits per heavy atom. The smallest absolute Gasteiger partial charge is 0.276 e. The number of benzene rings is 3. The van der Waals surface area contributed by atoms with Crippen LogP contribution in [0.15, 0.2) is 77.8 Å². The topological polar surface area (TPSA) is 176 Å². The Morgan fingerprint density at radius 2 is 0.978 bits per heavy atom. The second-order valence-corrected chi connectivity index (χ2v) is 11.8. The molecule has 3 amide bonds. The van der Waals surface area contributed by atoms with Gasteiger partial charge < -0.3 is 40.2 Å². The lowest BCUT2D eigenvalue weighted by molar-refractivity contribution is 0.0834. The maximum absolute atomic E-state index is 12.6. The monoisotopic (exact) mass is 653 g/mol. The van der Waals surface area contributed by atoms with Crippen LogP contribution in [-0.2, 0) is 14.2 Å². The van der Waals surface area contributed by atoms with Crippen molar-refractivity contribution in [2.45, 2.75) is 0 Å². The van der Waals surface area contributed by atoms with Gasteiger partial charge in [-0.1, -0.05) is 36.4 Å². The molecule has 3 aromatic rings. The zero-order valence-corrected chi connectivity index (χ0v) is 26.4. The number of amides is 3. The van der Waals surface area contributed by atoms with Gasteiger partial charge in [-0.05, 0) is 60.2 Å². The standard InChI is InChI=1S/C33H40N3O9P/c37-16-22-43-19-13-34-31(40)25-1-7-28(8-2-25)46(29-9-3-26(4-10-29)32(41)35-14-20-44-23-17-38)30-11-5-27(6-12-30)33(42)36-15-21-45-24-18-39/h1-13,37-39H,14-24H2,(H,35,41)(H,36,42). The minimum Gasteiger partial charge on any atom is -0.394 e. The lowest BCUT2D eigenvalue weighted by atomic mass is 10.2. The van der Waals surface area contributed by atoms with Crippen LogP contribution in [0.3, 0.4) is 0 Å². The van der Waals surface area contributed by atoms with Gasteiger partial charge in [-0.25, -0.2) is 4.99 Å². The molecule has 0 aromatic heterocycles. The minimum atomic E-state index is -1.14. The lowest BCUT2D eigenvalue weighted by Crippen LogP contribution is -2.28. The number of aliphatic imine (C=N–C) groups is 1. The average Bonchev–Trinajstić information content (AvgIpc) is 3.08. The molecule has 3 rings (SSSR count). The Kier molecular flexibility index (Phi) is 16.7. The Balaban J connectivity index is 1.80. The van der Waals surface area contributed by atoms with E-state index < -0.39 is 13.8 Å². The van der Waals surface area contributed by atoms with Crippen molar-refractivity contribution in [3.8, 4) is 0 Å². The molecule has 12 nitrogen and oxygen atoms in total. The molecule has 0 aliphatic heterocycles. The van der Waals surface area contributed by atoms with Crippen molar-refractivity contribution in [3.63, 3.8) is 0 Å². The summed E-state index contributed by atoms with van der Waals surface area (Å²) >= 11 is 0. The van der Waals surface area contributed by atoms with Crippen LogP contribution in [0.25, 0.3) is 0 Å². The zero-order chi connectivity index (χ0) is 33.0. The number of carbonyl (C=O) groups is 3. The normalized spacial score (nSPS) is 11.2. The Labute approximate surface area is 269 Å². The van der Waals surface area contributed by atoms with Gasteiger partial charge in [0.05, 0.1) is 59.5 Å². The molecule has 0 radical (unpaired) electrons. The molecule has 0 spiro atoms. The number of hydrogen-bond donors (Lipinski definition) is 5. The van der Waals surface area contributed by atoms with Crippen molar-refractivity contribution in [2.75, 3.05) is 72.6 Å². The predicted octanol–water partition coefficient (Wildman–Crippen LogP) is 0.142. The first-order valence-corrected chi connectivity index (χ1v) is 16.1. The summed E-state index contributed by atoms with van der Waals surface area (Å²) in [5.41, 5.74) is 1.37. The third kappa shape index (κ3) is 12.1. The van der Waals surface area contributed by atoms with Crippen molar-refractivity contribution in [1.29, 1.82) is 0 Å². The van der Waals surface area contributed by atoms with Crippen LogP contribution in [0, 0.1) is 0 Å². The molecule has 0 atom stereocenters. The van der Waals surface area contributed by atoms with Crippen molar-refractivity contribution in [2.24, 2.45) is 4.99 Å². The first-order chi connectivity index (χ1) is 22.5. The largest absolute Gasteiger partial charge is 0.394 e. The lowest BCUT2D eigenvalue weighted by Gasteiger charge is -2.20. The SMILES string of the molecule is O=C(N=CCOCCO)c1ccc(P(c2ccc(C(=O)NCCOCCO)cc2)c2ccc(C(=O)NCCOCCO)cc2)cc1. The summed E-state index contributed by atoms with van der Waals surface area (Å²) in [6.07, 6.45) is 1.36. The van der Waals surface area contributed by atoms with Crippen LogP contribution in [0.5, 0.6) is 0 Å². The summed E-state index contributed by atoms with van der Waals surface area (Å²) in [4.78, 5) is 41.7. The molecule has 0 aliphatic carbocycles. The van der Waals surface area contributed by atoms with E-state index in [-0.39, 0.29) is 58.1 Å². The maximum Gasteiger partial charge on any atom is 0.276 e. The first-order valence-electron chi connectivity index (χ1n) is 14.8. The third-order valence-corrected chi connectivity index (χ3v) is 8.76. The van der Waals surface area contributed by atoms with Gasteiger partial charge in [0.15, 0.2) is 0 Å². The molecule has 46 heavy (non-hydrogen) atoms. The van der Waals surface area contributed by atoms with E-state index in [1.807, 2.05) is 36.4 Å². The van der Waals surface area contributed by atoms with Gasteiger partial charge in [0.1, 0.15) is 0 Å². The molecular weight excluding hydrogens is 613 g/mol. The summed E-state index contributed by atoms with van der Waals surface area (Å²) in [5.74, 6) is -0.908. The van der Waals surface area contributed by atoms with Crippen LogP contribution in [0.4, 0.5) is 0 Å². The minimum absolute atomic E-state index is 0.0790. The van der Waals surface area contributed by atoms with Gasteiger partial charge in [-0.2, -0.15) is 0 Å². The average molecular weight is 654 g/mol. The van der Waals surface area contributed by atoms with Crippen molar-refractivity contribution in [1.82, 2.24) is 10.6 Å². The van der Waals surface area contributed by atoms with Crippen LogP contribution in [0.2, 0.25) is 0 Å². The third-order valence-electron chi connectivity index (χ3n) is 6.32.